The van der Waals surface area contributed by atoms with Crippen LogP contribution in [0.3, 0.4) is 0 Å². The first-order valence-electron chi connectivity index (χ1n) is 12.1. The molecule has 5 rings (SSSR count). The Hall–Kier alpha value is -3.18. The molecule has 4 nitrogen and oxygen atoms in total. The molecule has 1 aliphatic carbocycles. The smallest absolute Gasteiger partial charge is 0.163 e. The number of nitrogens with two attached hydrogens (primary N) is 1. The highest BCUT2D eigenvalue weighted by atomic mass is 19.1. The molecule has 0 spiro atoms. The number of hydrogen-bond acceptors (Lipinski definition) is 4. The molecule has 2 aromatic carbocycles. The average Bonchev–Trinajstić information content (AvgIpc) is 3.24. The molecule has 1 aliphatic heterocycles. The minimum Gasteiger partial charge on any atom is -0.325 e. The van der Waals surface area contributed by atoms with Crippen LogP contribution in [0.15, 0.2) is 65.8 Å². The Morgan fingerprint density at radius 2 is 2.03 bits per heavy atom. The number of halogens is 1. The number of Topliss-reactive ketones (excluding diaryl/α,β-unsaturated/α-hetero) is 1. The van der Waals surface area contributed by atoms with Gasteiger partial charge in [0.25, 0.3) is 0 Å². The van der Waals surface area contributed by atoms with Crippen LogP contribution >= 0.6 is 0 Å². The molecule has 34 heavy (non-hydrogen) atoms. The molecule has 0 saturated heterocycles. The summed E-state index contributed by atoms with van der Waals surface area (Å²) >= 11 is 0. The van der Waals surface area contributed by atoms with E-state index >= 15 is 0 Å². The van der Waals surface area contributed by atoms with E-state index in [1.54, 1.807) is 12.3 Å². The summed E-state index contributed by atoms with van der Waals surface area (Å²) in [5, 5.41) is 0. The number of nitrogens with zero attached hydrogens (tertiary/aromatic N) is 2. The summed E-state index contributed by atoms with van der Waals surface area (Å²) < 4.78 is 14.2. The van der Waals surface area contributed by atoms with Crippen molar-refractivity contribution in [3.05, 3.63) is 100 Å². The van der Waals surface area contributed by atoms with Crippen LogP contribution in [0.5, 0.6) is 0 Å². The largest absolute Gasteiger partial charge is 0.325 e. The van der Waals surface area contributed by atoms with Gasteiger partial charge in [0.15, 0.2) is 5.78 Å². The Bertz CT molecular complexity index is 1270. The number of aryl methyl sites for hydroxylation is 1. The molecule has 5 heteroatoms. The normalized spacial score (nSPS) is 21.7. The third kappa shape index (κ3) is 4.71. The van der Waals surface area contributed by atoms with Crippen molar-refractivity contribution in [1.29, 1.82) is 0 Å². The van der Waals surface area contributed by atoms with Gasteiger partial charge in [0, 0.05) is 40.5 Å². The number of fused-ring (bicyclic) bond motifs is 1. The molecule has 0 amide bonds. The van der Waals surface area contributed by atoms with Gasteiger partial charge in [-0.2, -0.15) is 0 Å². The topological polar surface area (TPSA) is 68.3 Å². The molecule has 174 valence electrons. The van der Waals surface area contributed by atoms with E-state index in [2.05, 4.69) is 4.98 Å². The van der Waals surface area contributed by atoms with Crippen molar-refractivity contribution in [2.24, 2.45) is 16.6 Å². The lowest BCUT2D eigenvalue weighted by Gasteiger charge is -2.38. The number of carbonyl (C=O) groups excluding carboxylic acids is 1. The molecule has 1 aromatic heterocycles. The molecule has 2 atom stereocenters. The summed E-state index contributed by atoms with van der Waals surface area (Å²) in [7, 11) is 0. The molecule has 2 N–H and O–H groups in total. The van der Waals surface area contributed by atoms with Crippen LogP contribution in [0.4, 0.5) is 4.39 Å². The fraction of sp³-hybridized carbons (Fsp3) is 0.345. The van der Waals surface area contributed by atoms with Crippen molar-refractivity contribution in [3.8, 4) is 0 Å². The van der Waals surface area contributed by atoms with E-state index in [0.29, 0.717) is 24.9 Å². The predicted molar refractivity (Wildman–Crippen MR) is 133 cm³/mol. The van der Waals surface area contributed by atoms with E-state index in [0.717, 1.165) is 59.3 Å². The third-order valence-electron chi connectivity index (χ3n) is 7.22. The lowest BCUT2D eigenvalue weighted by Crippen LogP contribution is -2.46. The molecule has 2 aliphatic rings. The molecule has 1 saturated carbocycles. The standard InChI is InChI=1S/C29H30FN3O/c1-19-13-22(10-12-32-19)28-25-15-21(8-9-24(25)18-33-28)27(34)14-20-5-4-11-29(31,16-20)17-23-6-2-3-7-26(23)30/h2-3,6-10,12-13,15,20H,4-5,11,14,16-18,31H2,1H3. The van der Waals surface area contributed by atoms with Gasteiger partial charge in [0.05, 0.1) is 12.3 Å². The summed E-state index contributed by atoms with van der Waals surface area (Å²) in [6.45, 7) is 2.60. The molecule has 0 radical (unpaired) electrons. The zero-order valence-corrected chi connectivity index (χ0v) is 19.6. The number of rotatable bonds is 6. The first-order chi connectivity index (χ1) is 16.4. The zero-order valence-electron chi connectivity index (χ0n) is 19.6. The van der Waals surface area contributed by atoms with Gasteiger partial charge in [0.1, 0.15) is 5.82 Å². The maximum absolute atomic E-state index is 14.2. The molecule has 2 heterocycles. The fourth-order valence-electron chi connectivity index (χ4n) is 5.55. The first kappa shape index (κ1) is 22.6. The van der Waals surface area contributed by atoms with E-state index < -0.39 is 5.54 Å². The minimum absolute atomic E-state index is 0.139. The van der Waals surface area contributed by atoms with Crippen LogP contribution in [0, 0.1) is 18.7 Å². The summed E-state index contributed by atoms with van der Waals surface area (Å²) in [6.07, 6.45) is 6.31. The molecule has 3 aromatic rings. The summed E-state index contributed by atoms with van der Waals surface area (Å²) in [4.78, 5) is 22.3. The molecule has 0 bridgehead atoms. The van der Waals surface area contributed by atoms with E-state index in [1.165, 1.54) is 6.07 Å². The van der Waals surface area contributed by atoms with Crippen LogP contribution in [0.2, 0.25) is 0 Å². The third-order valence-corrected chi connectivity index (χ3v) is 7.22. The Kier molecular flexibility index (Phi) is 6.13. The Balaban J connectivity index is 1.30. The zero-order chi connectivity index (χ0) is 23.7. The SMILES string of the molecule is Cc1cc(C2=NCc3ccc(C(=O)CC4CCCC(N)(Cc5ccccc5F)C4)cc32)ccn1. The highest BCUT2D eigenvalue weighted by Gasteiger charge is 2.34. The average molecular weight is 456 g/mol. The monoisotopic (exact) mass is 455 g/mol. The van der Waals surface area contributed by atoms with E-state index in [-0.39, 0.29) is 17.5 Å². The van der Waals surface area contributed by atoms with Gasteiger partial charge in [-0.3, -0.25) is 14.8 Å². The fourth-order valence-corrected chi connectivity index (χ4v) is 5.55. The second kappa shape index (κ2) is 9.22. The number of pyridine rings is 1. The lowest BCUT2D eigenvalue weighted by atomic mass is 9.71. The number of benzene rings is 2. The van der Waals surface area contributed by atoms with Crippen LogP contribution in [-0.4, -0.2) is 22.0 Å². The van der Waals surface area contributed by atoms with E-state index in [9.17, 15) is 9.18 Å². The van der Waals surface area contributed by atoms with Crippen molar-refractivity contribution in [1.82, 2.24) is 4.98 Å². The van der Waals surface area contributed by atoms with Gasteiger partial charge in [-0.05, 0) is 73.9 Å². The Morgan fingerprint density at radius 1 is 1.18 bits per heavy atom. The molecular formula is C29H30FN3O. The first-order valence-corrected chi connectivity index (χ1v) is 12.1. The lowest BCUT2D eigenvalue weighted by molar-refractivity contribution is 0.0932. The number of aliphatic imine (C=N–C) groups is 1. The minimum atomic E-state index is -0.470. The predicted octanol–water partition coefficient (Wildman–Crippen LogP) is 5.58. The van der Waals surface area contributed by atoms with Crippen LogP contribution in [-0.2, 0) is 13.0 Å². The Morgan fingerprint density at radius 3 is 2.85 bits per heavy atom. The number of aromatic nitrogens is 1. The number of ketones is 1. The second-order valence-corrected chi connectivity index (χ2v) is 9.94. The molecule has 2 unspecified atom stereocenters. The van der Waals surface area contributed by atoms with Gasteiger partial charge in [-0.15, -0.1) is 0 Å². The van der Waals surface area contributed by atoms with Crippen molar-refractivity contribution in [3.63, 3.8) is 0 Å². The summed E-state index contributed by atoms with van der Waals surface area (Å²) in [6, 6.07) is 16.8. The maximum atomic E-state index is 14.2. The van der Waals surface area contributed by atoms with Crippen molar-refractivity contribution in [2.45, 2.75) is 57.5 Å². The van der Waals surface area contributed by atoms with Crippen molar-refractivity contribution in [2.75, 3.05) is 0 Å². The molecule has 1 fully saturated rings. The molecular weight excluding hydrogens is 425 g/mol. The highest BCUT2D eigenvalue weighted by molar-refractivity contribution is 6.16. The van der Waals surface area contributed by atoms with Crippen LogP contribution in [0.25, 0.3) is 0 Å². The van der Waals surface area contributed by atoms with Crippen LogP contribution < -0.4 is 5.73 Å². The van der Waals surface area contributed by atoms with Gasteiger partial charge in [-0.1, -0.05) is 36.8 Å². The number of carbonyl (C=O) groups is 1. The van der Waals surface area contributed by atoms with Gasteiger partial charge >= 0.3 is 0 Å². The quantitative estimate of drug-likeness (QED) is 0.493. The number of hydrogen-bond donors (Lipinski definition) is 1. The Labute approximate surface area is 200 Å². The maximum Gasteiger partial charge on any atom is 0.163 e. The van der Waals surface area contributed by atoms with Crippen LogP contribution in [0.1, 0.15) is 70.4 Å². The van der Waals surface area contributed by atoms with Gasteiger partial charge in [-0.25, -0.2) is 4.39 Å². The van der Waals surface area contributed by atoms with E-state index in [4.69, 9.17) is 10.7 Å². The van der Waals surface area contributed by atoms with Crippen molar-refractivity contribution >= 4 is 11.5 Å². The van der Waals surface area contributed by atoms with Crippen molar-refractivity contribution < 1.29 is 9.18 Å². The van der Waals surface area contributed by atoms with E-state index in [1.807, 2.05) is 49.4 Å². The second-order valence-electron chi connectivity index (χ2n) is 9.94. The van der Waals surface area contributed by atoms with Gasteiger partial charge in [0.2, 0.25) is 0 Å². The van der Waals surface area contributed by atoms with Gasteiger partial charge < -0.3 is 5.73 Å². The summed E-state index contributed by atoms with van der Waals surface area (Å²) in [5.74, 6) is 0.146. The summed E-state index contributed by atoms with van der Waals surface area (Å²) in [5.41, 5.74) is 12.7. The highest BCUT2D eigenvalue weighted by Crippen LogP contribution is 2.36.